The van der Waals surface area contributed by atoms with E-state index in [1.54, 1.807) is 49.5 Å². The zero-order chi connectivity index (χ0) is 32.7. The molecule has 0 aliphatic carbocycles. The number of nitrogens with zero attached hydrogens (tertiary/aromatic N) is 5. The van der Waals surface area contributed by atoms with Gasteiger partial charge in [0, 0.05) is 51.2 Å². The Morgan fingerprint density at radius 2 is 1.91 bits per heavy atom. The van der Waals surface area contributed by atoms with Crippen molar-refractivity contribution in [3.05, 3.63) is 86.4 Å². The van der Waals surface area contributed by atoms with E-state index in [9.17, 15) is 14.5 Å². The minimum absolute atomic E-state index is 0.00251. The highest BCUT2D eigenvalue weighted by molar-refractivity contribution is 9.12. The molecule has 0 radical (unpaired) electrons. The molecule has 1 aromatic heterocycles. The Kier molecular flexibility index (Phi) is 17.2. The van der Waals surface area contributed by atoms with Gasteiger partial charge in [0.05, 0.1) is 28.5 Å². The van der Waals surface area contributed by atoms with Crippen molar-refractivity contribution >= 4 is 30.9 Å². The van der Waals surface area contributed by atoms with Gasteiger partial charge in [0.15, 0.2) is 5.82 Å². The lowest BCUT2D eigenvalue weighted by Gasteiger charge is -2.42. The minimum atomic E-state index is -1.50. The molecule has 240 valence electrons. The zero-order valence-corrected chi connectivity index (χ0v) is 29.5. The van der Waals surface area contributed by atoms with Crippen LogP contribution in [0.3, 0.4) is 0 Å². The lowest BCUT2D eigenvalue weighted by Crippen LogP contribution is -2.46. The van der Waals surface area contributed by atoms with E-state index in [1.807, 2.05) is 43.3 Å². The Morgan fingerprint density at radius 3 is 2.37 bits per heavy atom. The van der Waals surface area contributed by atoms with Crippen molar-refractivity contribution in [3.8, 4) is 5.75 Å². The van der Waals surface area contributed by atoms with Gasteiger partial charge >= 0.3 is 5.70 Å². The topological polar surface area (TPSA) is 84.2 Å². The molecule has 0 N–H and O–H groups in total. The average Bonchev–Trinajstić information content (AvgIpc) is 2.97. The van der Waals surface area contributed by atoms with E-state index in [0.29, 0.717) is 54.2 Å². The van der Waals surface area contributed by atoms with E-state index in [-0.39, 0.29) is 16.7 Å². The van der Waals surface area contributed by atoms with E-state index in [2.05, 4.69) is 51.1 Å². The van der Waals surface area contributed by atoms with Gasteiger partial charge in [-0.3, -0.25) is 15.1 Å². The van der Waals surface area contributed by atoms with Crippen LogP contribution in [0.25, 0.3) is 0 Å². The lowest BCUT2D eigenvalue weighted by molar-refractivity contribution is -0.423. The molecule has 43 heavy (non-hydrogen) atoms. The molecule has 2 atom stereocenters. The largest absolute Gasteiger partial charge is 0.494 e. The fourth-order valence-electron chi connectivity index (χ4n) is 4.54. The number of halogens is 2. The van der Waals surface area contributed by atoms with Crippen molar-refractivity contribution in [2.45, 2.75) is 72.4 Å². The Morgan fingerprint density at radius 1 is 1.30 bits per heavy atom. The third kappa shape index (κ3) is 11.3. The first-order valence-corrected chi connectivity index (χ1v) is 15.8. The van der Waals surface area contributed by atoms with E-state index in [0.717, 1.165) is 17.0 Å². The van der Waals surface area contributed by atoms with Gasteiger partial charge in [0.1, 0.15) is 11.4 Å². The summed E-state index contributed by atoms with van der Waals surface area (Å²) in [6.07, 6.45) is 10.5. The monoisotopic (exact) mass is 683 g/mol. The molecule has 0 spiro atoms. The number of alkyl halides is 1. The summed E-state index contributed by atoms with van der Waals surface area (Å²) in [6.45, 7) is 15.0. The van der Waals surface area contributed by atoms with Crippen molar-refractivity contribution in [2.24, 2.45) is 0 Å². The fourth-order valence-corrected chi connectivity index (χ4v) is 5.35. The number of nitro groups is 1. The first-order valence-electron chi connectivity index (χ1n) is 14.4. The summed E-state index contributed by atoms with van der Waals surface area (Å²) in [6, 6.07) is 1.79. The van der Waals surface area contributed by atoms with Crippen LogP contribution in [-0.2, 0) is 4.74 Å². The maximum atomic E-state index is 13.3. The molecule has 1 aliphatic heterocycles. The molecule has 1 aliphatic rings. The number of likely N-dealkylation sites (tertiary alicyclic amines) is 1. The SMILES string of the molecule is C=C/C(=C\C=C(/C)OC(F)P)N(c1cnccc1OC)C1CCN(/C(=C(/C(Br)=C(C)CC)[N+](=O)[O-])N(C)C)CC1.CCC. The first kappa shape index (κ1) is 38.1. The van der Waals surface area contributed by atoms with Crippen molar-refractivity contribution in [1.29, 1.82) is 0 Å². The molecule has 2 heterocycles. The summed E-state index contributed by atoms with van der Waals surface area (Å²) in [5.74, 6) is 1.61. The maximum absolute atomic E-state index is 13.3. The smallest absolute Gasteiger partial charge is 0.323 e. The molecular weight excluding hydrogens is 636 g/mol. The van der Waals surface area contributed by atoms with Gasteiger partial charge in [-0.05, 0) is 67.3 Å². The molecule has 0 aromatic carbocycles. The van der Waals surface area contributed by atoms with Crippen molar-refractivity contribution in [3.63, 3.8) is 0 Å². The summed E-state index contributed by atoms with van der Waals surface area (Å²) in [5.41, 5.74) is 2.48. The number of allylic oxidation sites excluding steroid dienone is 6. The van der Waals surface area contributed by atoms with Crippen LogP contribution in [0.1, 0.15) is 60.3 Å². The minimum Gasteiger partial charge on any atom is -0.494 e. The van der Waals surface area contributed by atoms with E-state index in [4.69, 9.17) is 9.47 Å². The van der Waals surface area contributed by atoms with Crippen LogP contribution in [0.5, 0.6) is 5.75 Å². The van der Waals surface area contributed by atoms with Gasteiger partial charge < -0.3 is 24.2 Å². The van der Waals surface area contributed by atoms with Gasteiger partial charge in [-0.15, -0.1) is 0 Å². The van der Waals surface area contributed by atoms with Crippen molar-refractivity contribution in [1.82, 2.24) is 14.8 Å². The fraction of sp³-hybridized carbons (Fsp3) is 0.516. The second kappa shape index (κ2) is 19.4. The second-order valence-corrected chi connectivity index (χ2v) is 11.5. The standard InChI is InChI=1S/C28H40BrFN5O4P.C3H8/c1-8-19(3)25(29)26(35(36)37)27(32(5)6)33-16-13-22(14-17-33)34(23-18-31-15-12-24(23)38-7)21(9-2)11-10-20(4)39-28(30)40;1-3-2/h9-12,15,18,22,28H,2,8,13-14,16-17,40H2,1,3-7H3;3H2,1-2H3/b20-10+,21-11+,25-19?,27-26-;. The summed E-state index contributed by atoms with van der Waals surface area (Å²) in [4.78, 5) is 22.2. The summed E-state index contributed by atoms with van der Waals surface area (Å²) >= 11 is 3.50. The van der Waals surface area contributed by atoms with Gasteiger partial charge in [-0.25, -0.2) is 0 Å². The number of anilines is 1. The molecule has 0 saturated carbocycles. The summed E-state index contributed by atoms with van der Waals surface area (Å²) in [7, 11) is 7.21. The molecule has 0 amide bonds. The lowest BCUT2D eigenvalue weighted by atomic mass is 10.0. The van der Waals surface area contributed by atoms with Gasteiger partial charge in [0.25, 0.3) is 0 Å². The molecule has 2 unspecified atom stereocenters. The molecule has 0 bridgehead atoms. The van der Waals surface area contributed by atoms with Crippen LogP contribution in [0, 0.1) is 10.1 Å². The van der Waals surface area contributed by atoms with Crippen LogP contribution < -0.4 is 9.64 Å². The third-order valence-electron chi connectivity index (χ3n) is 6.58. The number of ether oxygens (including phenoxy) is 2. The number of rotatable bonds is 13. The number of hydrogen-bond donors (Lipinski definition) is 0. The highest BCUT2D eigenvalue weighted by Crippen LogP contribution is 2.36. The Hall–Kier alpha value is -2.91. The number of hydrogen-bond acceptors (Lipinski definition) is 8. The molecule has 2 rings (SSSR count). The first-order chi connectivity index (χ1) is 20.4. The van der Waals surface area contributed by atoms with E-state index >= 15 is 0 Å². The molecule has 1 saturated heterocycles. The van der Waals surface area contributed by atoms with Crippen molar-refractivity contribution < 1.29 is 18.8 Å². The van der Waals surface area contributed by atoms with Crippen LogP contribution in [0.4, 0.5) is 10.1 Å². The zero-order valence-electron chi connectivity index (χ0n) is 26.8. The average molecular weight is 685 g/mol. The molecule has 9 nitrogen and oxygen atoms in total. The Labute approximate surface area is 267 Å². The predicted molar refractivity (Wildman–Crippen MR) is 181 cm³/mol. The normalized spacial score (nSPS) is 16.2. The highest BCUT2D eigenvalue weighted by atomic mass is 79.9. The summed E-state index contributed by atoms with van der Waals surface area (Å²) < 4.78 is 24.6. The van der Waals surface area contributed by atoms with Crippen LogP contribution in [0.15, 0.2) is 76.3 Å². The third-order valence-corrected chi connectivity index (χ3v) is 7.76. The summed E-state index contributed by atoms with van der Waals surface area (Å²) in [5, 5.41) is 12.2. The number of methoxy groups -OCH3 is 1. The quantitative estimate of drug-likeness (QED) is 0.0680. The molecule has 1 fully saturated rings. The molecule has 12 heteroatoms. The number of pyridine rings is 1. The molecular formula is C31H48BrFN5O4P. The van der Waals surface area contributed by atoms with Gasteiger partial charge in [-0.1, -0.05) is 48.6 Å². The van der Waals surface area contributed by atoms with E-state index in [1.165, 1.54) is 6.42 Å². The number of aromatic nitrogens is 1. The Bertz CT molecular complexity index is 1190. The maximum Gasteiger partial charge on any atom is 0.323 e. The van der Waals surface area contributed by atoms with Crippen LogP contribution in [-0.4, -0.2) is 66.1 Å². The highest BCUT2D eigenvalue weighted by Gasteiger charge is 2.34. The molecule has 1 aromatic rings. The number of piperidine rings is 1. The second-order valence-electron chi connectivity index (χ2n) is 10.2. The van der Waals surface area contributed by atoms with Gasteiger partial charge in [0.2, 0.25) is 6.10 Å². The Balaban J connectivity index is 0.00000295. The predicted octanol–water partition coefficient (Wildman–Crippen LogP) is 7.98. The van der Waals surface area contributed by atoms with Crippen LogP contribution in [0.2, 0.25) is 0 Å². The van der Waals surface area contributed by atoms with E-state index < -0.39 is 6.10 Å². The van der Waals surface area contributed by atoms with Gasteiger partial charge in [-0.2, -0.15) is 4.39 Å². The van der Waals surface area contributed by atoms with Crippen LogP contribution >= 0.6 is 25.2 Å². The van der Waals surface area contributed by atoms with Crippen molar-refractivity contribution in [2.75, 3.05) is 39.2 Å².